The van der Waals surface area contributed by atoms with Gasteiger partial charge in [0.1, 0.15) is 5.66 Å². The molecule has 4 rings (SSSR count). The Labute approximate surface area is 136 Å². The van der Waals surface area contributed by atoms with Crippen molar-refractivity contribution < 1.29 is 0 Å². The van der Waals surface area contributed by atoms with Crippen LogP contribution in [0, 0.1) is 0 Å². The van der Waals surface area contributed by atoms with Gasteiger partial charge in [-0.15, -0.1) is 0 Å². The molecule has 0 radical (unpaired) electrons. The van der Waals surface area contributed by atoms with E-state index in [0.717, 1.165) is 50.9 Å². The Bertz CT molecular complexity index is 672. The SMILES string of the molecule is NC1=NC2(CCCCC2)N(c2ccc3c(c2)CCNC3)C(N)=N1. The third-order valence-electron chi connectivity index (χ3n) is 5.19. The molecule has 5 N–H and O–H groups in total. The Balaban J connectivity index is 1.77. The Morgan fingerprint density at radius 2 is 1.91 bits per heavy atom. The predicted molar refractivity (Wildman–Crippen MR) is 93.4 cm³/mol. The third kappa shape index (κ3) is 2.47. The number of fused-ring (bicyclic) bond motifs is 1. The summed E-state index contributed by atoms with van der Waals surface area (Å²) in [7, 11) is 0. The van der Waals surface area contributed by atoms with E-state index in [1.54, 1.807) is 0 Å². The zero-order chi connectivity index (χ0) is 15.9. The summed E-state index contributed by atoms with van der Waals surface area (Å²) in [5.41, 5.74) is 15.7. The van der Waals surface area contributed by atoms with Crippen molar-refractivity contribution in [1.29, 1.82) is 0 Å². The summed E-state index contributed by atoms with van der Waals surface area (Å²) in [5, 5.41) is 3.41. The van der Waals surface area contributed by atoms with Gasteiger partial charge in [0.2, 0.25) is 11.9 Å². The average Bonchev–Trinajstić information content (AvgIpc) is 2.54. The molecule has 6 nitrogen and oxygen atoms in total. The van der Waals surface area contributed by atoms with Gasteiger partial charge in [-0.3, -0.25) is 4.90 Å². The molecule has 1 aromatic rings. The van der Waals surface area contributed by atoms with Gasteiger partial charge in [0.05, 0.1) is 0 Å². The Kier molecular flexibility index (Phi) is 3.49. The lowest BCUT2D eigenvalue weighted by Gasteiger charge is -2.45. The molecule has 1 spiro atoms. The van der Waals surface area contributed by atoms with Crippen LogP contribution < -0.4 is 21.7 Å². The number of nitrogens with zero attached hydrogens (tertiary/aromatic N) is 3. The highest BCUT2D eigenvalue weighted by molar-refractivity contribution is 6.05. The van der Waals surface area contributed by atoms with Gasteiger partial charge in [-0.2, -0.15) is 4.99 Å². The summed E-state index contributed by atoms with van der Waals surface area (Å²) in [4.78, 5) is 11.1. The molecule has 1 fully saturated rings. The number of nitrogens with two attached hydrogens (primary N) is 2. The summed E-state index contributed by atoms with van der Waals surface area (Å²) in [6, 6.07) is 6.59. The minimum atomic E-state index is -0.352. The van der Waals surface area contributed by atoms with Crippen molar-refractivity contribution in [3.63, 3.8) is 0 Å². The predicted octanol–water partition coefficient (Wildman–Crippen LogP) is 1.44. The first kappa shape index (κ1) is 14.5. The molecular formula is C17H24N6. The van der Waals surface area contributed by atoms with Crippen LogP contribution >= 0.6 is 0 Å². The number of rotatable bonds is 1. The highest BCUT2D eigenvalue weighted by atomic mass is 15.4. The minimum Gasteiger partial charge on any atom is -0.369 e. The van der Waals surface area contributed by atoms with E-state index in [1.807, 2.05) is 0 Å². The average molecular weight is 312 g/mol. The fraction of sp³-hybridized carbons (Fsp3) is 0.529. The van der Waals surface area contributed by atoms with E-state index < -0.39 is 0 Å². The summed E-state index contributed by atoms with van der Waals surface area (Å²) in [6.07, 6.45) is 6.54. The maximum absolute atomic E-state index is 6.29. The van der Waals surface area contributed by atoms with Crippen molar-refractivity contribution in [3.05, 3.63) is 29.3 Å². The molecular weight excluding hydrogens is 288 g/mol. The van der Waals surface area contributed by atoms with E-state index in [2.05, 4.69) is 33.4 Å². The monoisotopic (exact) mass is 312 g/mol. The van der Waals surface area contributed by atoms with Crippen molar-refractivity contribution in [2.75, 3.05) is 11.4 Å². The van der Waals surface area contributed by atoms with E-state index >= 15 is 0 Å². The van der Waals surface area contributed by atoms with E-state index in [0.29, 0.717) is 11.9 Å². The fourth-order valence-electron chi connectivity index (χ4n) is 4.10. The maximum atomic E-state index is 6.29. The van der Waals surface area contributed by atoms with Crippen LogP contribution in [0.2, 0.25) is 0 Å². The normalized spacial score (nSPS) is 23.2. The first-order chi connectivity index (χ1) is 11.2. The summed E-state index contributed by atoms with van der Waals surface area (Å²) >= 11 is 0. The first-order valence-corrected chi connectivity index (χ1v) is 8.50. The van der Waals surface area contributed by atoms with Crippen molar-refractivity contribution in [1.82, 2.24) is 5.32 Å². The number of nitrogens with one attached hydrogen (secondary N) is 1. The van der Waals surface area contributed by atoms with Crippen LogP contribution in [0.1, 0.15) is 43.2 Å². The lowest BCUT2D eigenvalue weighted by atomic mass is 9.87. The quantitative estimate of drug-likeness (QED) is 0.731. The van der Waals surface area contributed by atoms with Gasteiger partial charge in [-0.05, 0) is 61.9 Å². The lowest BCUT2D eigenvalue weighted by molar-refractivity contribution is 0.305. The van der Waals surface area contributed by atoms with Crippen LogP contribution in [0.3, 0.4) is 0 Å². The van der Waals surface area contributed by atoms with Crippen LogP contribution in [-0.4, -0.2) is 24.1 Å². The molecule has 23 heavy (non-hydrogen) atoms. The van der Waals surface area contributed by atoms with Gasteiger partial charge in [-0.25, -0.2) is 4.99 Å². The molecule has 3 aliphatic rings. The van der Waals surface area contributed by atoms with E-state index in [4.69, 9.17) is 16.5 Å². The smallest absolute Gasteiger partial charge is 0.220 e. The second-order valence-corrected chi connectivity index (χ2v) is 6.70. The molecule has 0 atom stereocenters. The summed E-state index contributed by atoms with van der Waals surface area (Å²) in [6.45, 7) is 1.96. The van der Waals surface area contributed by atoms with Crippen molar-refractivity contribution in [2.24, 2.45) is 21.5 Å². The first-order valence-electron chi connectivity index (χ1n) is 8.50. The van der Waals surface area contributed by atoms with Crippen LogP contribution in [-0.2, 0) is 13.0 Å². The van der Waals surface area contributed by atoms with Gasteiger partial charge in [-0.1, -0.05) is 12.5 Å². The molecule has 0 aromatic heterocycles. The zero-order valence-corrected chi connectivity index (χ0v) is 13.4. The van der Waals surface area contributed by atoms with E-state index in [9.17, 15) is 0 Å². The van der Waals surface area contributed by atoms with E-state index in [1.165, 1.54) is 17.5 Å². The molecule has 0 unspecified atom stereocenters. The van der Waals surface area contributed by atoms with Crippen molar-refractivity contribution in [2.45, 2.75) is 50.7 Å². The van der Waals surface area contributed by atoms with Gasteiger partial charge in [0.15, 0.2) is 0 Å². The second-order valence-electron chi connectivity index (χ2n) is 6.70. The van der Waals surface area contributed by atoms with Crippen LogP contribution in [0.5, 0.6) is 0 Å². The Morgan fingerprint density at radius 1 is 1.09 bits per heavy atom. The molecule has 1 saturated carbocycles. The van der Waals surface area contributed by atoms with Gasteiger partial charge in [0.25, 0.3) is 0 Å². The standard InChI is InChI=1S/C17H24N6/c18-15-21-16(19)23(17(22-15)7-2-1-3-8-17)14-5-4-13-11-20-9-6-12(13)10-14/h4-5,10,20H,1-3,6-9,11H2,(H4,18,19,21,22). The van der Waals surface area contributed by atoms with E-state index in [-0.39, 0.29) is 5.66 Å². The molecule has 0 amide bonds. The second kappa shape index (κ2) is 5.53. The molecule has 0 saturated heterocycles. The molecule has 0 bridgehead atoms. The largest absolute Gasteiger partial charge is 0.369 e. The van der Waals surface area contributed by atoms with Crippen LogP contribution in [0.4, 0.5) is 5.69 Å². The fourth-order valence-corrected chi connectivity index (χ4v) is 4.10. The highest BCUT2D eigenvalue weighted by Gasteiger charge is 2.42. The lowest BCUT2D eigenvalue weighted by Crippen LogP contribution is -2.58. The Morgan fingerprint density at radius 3 is 2.74 bits per heavy atom. The summed E-state index contributed by atoms with van der Waals surface area (Å²) < 4.78 is 0. The zero-order valence-electron chi connectivity index (χ0n) is 13.4. The molecule has 2 aliphatic heterocycles. The molecule has 6 heteroatoms. The maximum Gasteiger partial charge on any atom is 0.220 e. The topological polar surface area (TPSA) is 92.0 Å². The molecule has 1 aliphatic carbocycles. The van der Waals surface area contributed by atoms with Crippen LogP contribution in [0.25, 0.3) is 0 Å². The van der Waals surface area contributed by atoms with Gasteiger partial charge < -0.3 is 16.8 Å². The molecule has 122 valence electrons. The van der Waals surface area contributed by atoms with Gasteiger partial charge in [0, 0.05) is 12.2 Å². The number of aliphatic imine (C=N–C) groups is 2. The Hall–Kier alpha value is -2.08. The number of hydrogen-bond acceptors (Lipinski definition) is 6. The number of benzene rings is 1. The number of anilines is 1. The minimum absolute atomic E-state index is 0.308. The highest BCUT2D eigenvalue weighted by Crippen LogP contribution is 2.40. The van der Waals surface area contributed by atoms with Crippen LogP contribution in [0.15, 0.2) is 28.2 Å². The van der Waals surface area contributed by atoms with Crippen molar-refractivity contribution >= 4 is 17.6 Å². The summed E-state index contributed by atoms with van der Waals surface area (Å²) in [5.74, 6) is 0.774. The van der Waals surface area contributed by atoms with Gasteiger partial charge >= 0.3 is 0 Å². The van der Waals surface area contributed by atoms with Crippen molar-refractivity contribution in [3.8, 4) is 0 Å². The molecule has 2 heterocycles. The third-order valence-corrected chi connectivity index (χ3v) is 5.19. The number of hydrogen-bond donors (Lipinski definition) is 3. The number of guanidine groups is 2. The molecule has 1 aromatic carbocycles.